The predicted octanol–water partition coefficient (Wildman–Crippen LogP) is 3.03. The molecule has 0 N–H and O–H groups in total. The Labute approximate surface area is 98.5 Å². The zero-order valence-corrected chi connectivity index (χ0v) is 9.61. The van der Waals surface area contributed by atoms with E-state index in [1.807, 2.05) is 11.9 Å². The summed E-state index contributed by atoms with van der Waals surface area (Å²) in [4.78, 5) is 5.88. The van der Waals surface area contributed by atoms with E-state index in [1.54, 1.807) is 24.5 Å². The van der Waals surface area contributed by atoms with Crippen LogP contribution in [0.1, 0.15) is 24.4 Å². The van der Waals surface area contributed by atoms with Gasteiger partial charge in [0.15, 0.2) is 0 Å². The van der Waals surface area contributed by atoms with Crippen molar-refractivity contribution in [1.82, 2.24) is 9.88 Å². The van der Waals surface area contributed by atoms with Crippen LogP contribution in [0.3, 0.4) is 0 Å². The average molecular weight is 244 g/mol. The van der Waals surface area contributed by atoms with Crippen LogP contribution in [0.5, 0.6) is 0 Å². The normalized spacial score (nSPS) is 27.1. The lowest BCUT2D eigenvalue weighted by Gasteiger charge is -2.38. The van der Waals surface area contributed by atoms with E-state index in [4.69, 9.17) is 0 Å². The number of halogens is 3. The Hall–Kier alpha value is -1.10. The summed E-state index contributed by atoms with van der Waals surface area (Å²) in [6.45, 7) is 0.483. The van der Waals surface area contributed by atoms with Crippen LogP contribution >= 0.6 is 0 Å². The Morgan fingerprint density at radius 2 is 1.94 bits per heavy atom. The van der Waals surface area contributed by atoms with Crippen LogP contribution in [0.15, 0.2) is 24.5 Å². The second kappa shape index (κ2) is 4.64. The van der Waals surface area contributed by atoms with Gasteiger partial charge in [-0.2, -0.15) is 13.2 Å². The third kappa shape index (κ3) is 2.77. The minimum Gasteiger partial charge on any atom is -0.299 e. The molecule has 5 heteroatoms. The Bertz CT molecular complexity index is 364. The summed E-state index contributed by atoms with van der Waals surface area (Å²) in [7, 11) is 1.87. The minimum atomic E-state index is -4.08. The summed E-state index contributed by atoms with van der Waals surface area (Å²) in [5.74, 6) is -1.18. The number of hydrogen-bond donors (Lipinski definition) is 0. The zero-order chi connectivity index (χ0) is 12.5. The molecule has 1 aliphatic heterocycles. The summed E-state index contributed by atoms with van der Waals surface area (Å²) >= 11 is 0. The maximum Gasteiger partial charge on any atom is 0.391 e. The standard InChI is InChI=1S/C12H15F3N2/c1-17-7-4-10(12(13,14)15)8-11(17)9-2-5-16-6-3-9/h2-3,5-6,10-11H,4,7-8H2,1H3/t10-,11+/m1/s1. The predicted molar refractivity (Wildman–Crippen MR) is 58.4 cm³/mol. The van der Waals surface area contributed by atoms with Crippen molar-refractivity contribution in [3.05, 3.63) is 30.1 Å². The van der Waals surface area contributed by atoms with Crippen LogP contribution in [-0.2, 0) is 0 Å². The fourth-order valence-electron chi connectivity index (χ4n) is 2.36. The van der Waals surface area contributed by atoms with E-state index in [0.29, 0.717) is 6.54 Å². The molecule has 0 amide bonds. The molecule has 17 heavy (non-hydrogen) atoms. The van der Waals surface area contributed by atoms with Crippen LogP contribution in [0, 0.1) is 5.92 Å². The first-order valence-electron chi connectivity index (χ1n) is 5.65. The lowest BCUT2D eigenvalue weighted by atomic mass is 9.87. The van der Waals surface area contributed by atoms with E-state index in [1.165, 1.54) is 0 Å². The van der Waals surface area contributed by atoms with Gasteiger partial charge in [0.25, 0.3) is 0 Å². The van der Waals surface area contributed by atoms with Crippen molar-refractivity contribution >= 4 is 0 Å². The van der Waals surface area contributed by atoms with Gasteiger partial charge in [-0.1, -0.05) is 0 Å². The first-order chi connectivity index (χ1) is 7.98. The number of nitrogens with zero attached hydrogens (tertiary/aromatic N) is 2. The van der Waals surface area contributed by atoms with E-state index in [-0.39, 0.29) is 18.9 Å². The molecule has 2 nitrogen and oxygen atoms in total. The van der Waals surface area contributed by atoms with Crippen molar-refractivity contribution in [3.8, 4) is 0 Å². The molecular formula is C12H15F3N2. The summed E-state index contributed by atoms with van der Waals surface area (Å²) in [5, 5.41) is 0. The van der Waals surface area contributed by atoms with Gasteiger partial charge in [-0.15, -0.1) is 0 Å². The van der Waals surface area contributed by atoms with E-state index < -0.39 is 12.1 Å². The third-order valence-electron chi connectivity index (χ3n) is 3.42. The summed E-state index contributed by atoms with van der Waals surface area (Å²) in [5.41, 5.74) is 0.913. The van der Waals surface area contributed by atoms with Crippen LogP contribution in [0.2, 0.25) is 0 Å². The van der Waals surface area contributed by atoms with Crippen molar-refractivity contribution in [1.29, 1.82) is 0 Å². The van der Waals surface area contributed by atoms with Crippen LogP contribution < -0.4 is 0 Å². The zero-order valence-electron chi connectivity index (χ0n) is 9.61. The molecular weight excluding hydrogens is 229 g/mol. The number of aromatic nitrogens is 1. The Morgan fingerprint density at radius 1 is 1.29 bits per heavy atom. The van der Waals surface area contributed by atoms with Gasteiger partial charge >= 0.3 is 6.18 Å². The van der Waals surface area contributed by atoms with E-state index >= 15 is 0 Å². The van der Waals surface area contributed by atoms with E-state index in [9.17, 15) is 13.2 Å². The number of piperidine rings is 1. The number of alkyl halides is 3. The summed E-state index contributed by atoms with van der Waals surface area (Å²) in [6.07, 6.45) is -0.487. The molecule has 1 aliphatic rings. The van der Waals surface area contributed by atoms with Crippen molar-refractivity contribution < 1.29 is 13.2 Å². The molecule has 2 atom stereocenters. The fraction of sp³-hybridized carbons (Fsp3) is 0.583. The lowest BCUT2D eigenvalue weighted by molar-refractivity contribution is -0.189. The fourth-order valence-corrected chi connectivity index (χ4v) is 2.36. The monoisotopic (exact) mass is 244 g/mol. The van der Waals surface area contributed by atoms with E-state index in [2.05, 4.69) is 4.98 Å². The first kappa shape index (κ1) is 12.4. The molecule has 2 heterocycles. The molecule has 1 aromatic rings. The van der Waals surface area contributed by atoms with Gasteiger partial charge in [-0.3, -0.25) is 9.88 Å². The van der Waals surface area contributed by atoms with Gasteiger partial charge in [-0.25, -0.2) is 0 Å². The van der Waals surface area contributed by atoms with Gasteiger partial charge in [0, 0.05) is 18.4 Å². The topological polar surface area (TPSA) is 16.1 Å². The molecule has 0 aliphatic carbocycles. The van der Waals surface area contributed by atoms with Gasteiger partial charge in [0.2, 0.25) is 0 Å². The number of likely N-dealkylation sites (tertiary alicyclic amines) is 1. The second-order valence-electron chi connectivity index (χ2n) is 4.54. The van der Waals surface area contributed by atoms with Crippen LogP contribution in [-0.4, -0.2) is 29.7 Å². The van der Waals surface area contributed by atoms with Crippen LogP contribution in [0.25, 0.3) is 0 Å². The quantitative estimate of drug-likeness (QED) is 0.755. The highest BCUT2D eigenvalue weighted by molar-refractivity contribution is 5.16. The van der Waals surface area contributed by atoms with Crippen molar-refractivity contribution in [2.45, 2.75) is 25.1 Å². The number of hydrogen-bond acceptors (Lipinski definition) is 2. The van der Waals surface area contributed by atoms with Crippen molar-refractivity contribution in [3.63, 3.8) is 0 Å². The highest BCUT2D eigenvalue weighted by atomic mass is 19.4. The Morgan fingerprint density at radius 3 is 2.53 bits per heavy atom. The first-order valence-corrected chi connectivity index (χ1v) is 5.65. The minimum absolute atomic E-state index is 0.143. The maximum atomic E-state index is 12.7. The van der Waals surface area contributed by atoms with Crippen LogP contribution in [0.4, 0.5) is 13.2 Å². The highest BCUT2D eigenvalue weighted by Gasteiger charge is 2.43. The van der Waals surface area contributed by atoms with Gasteiger partial charge in [0.05, 0.1) is 5.92 Å². The molecule has 1 saturated heterocycles. The molecule has 0 bridgehead atoms. The second-order valence-corrected chi connectivity index (χ2v) is 4.54. The SMILES string of the molecule is CN1CC[C@@H](C(F)(F)F)C[C@H]1c1ccncc1. The summed E-state index contributed by atoms with van der Waals surface area (Å²) < 4.78 is 38.2. The molecule has 1 fully saturated rings. The van der Waals surface area contributed by atoms with Crippen molar-refractivity contribution in [2.24, 2.45) is 5.92 Å². The van der Waals surface area contributed by atoms with Gasteiger partial charge < -0.3 is 0 Å². The number of rotatable bonds is 1. The lowest BCUT2D eigenvalue weighted by Crippen LogP contribution is -2.39. The van der Waals surface area contributed by atoms with Gasteiger partial charge in [0.1, 0.15) is 0 Å². The molecule has 2 rings (SSSR count). The Balaban J connectivity index is 2.16. The highest BCUT2D eigenvalue weighted by Crippen LogP contribution is 2.41. The largest absolute Gasteiger partial charge is 0.391 e. The molecule has 0 saturated carbocycles. The third-order valence-corrected chi connectivity index (χ3v) is 3.42. The molecule has 1 aromatic heterocycles. The van der Waals surface area contributed by atoms with E-state index in [0.717, 1.165) is 5.56 Å². The molecule has 0 spiro atoms. The number of pyridine rings is 1. The molecule has 94 valence electrons. The molecule has 0 unspecified atom stereocenters. The smallest absolute Gasteiger partial charge is 0.299 e. The maximum absolute atomic E-state index is 12.7. The molecule has 0 aromatic carbocycles. The van der Waals surface area contributed by atoms with Crippen molar-refractivity contribution in [2.75, 3.05) is 13.6 Å². The Kier molecular flexibility index (Phi) is 3.38. The average Bonchev–Trinajstić information content (AvgIpc) is 2.29. The summed E-state index contributed by atoms with van der Waals surface area (Å²) in [6, 6.07) is 3.43. The van der Waals surface area contributed by atoms with Gasteiger partial charge in [-0.05, 0) is 44.1 Å². The molecule has 0 radical (unpaired) electrons.